The molecule has 0 bridgehead atoms. The van der Waals surface area contributed by atoms with Crippen LogP contribution >= 0.6 is 0 Å². The SMILES string of the molecule is CN(CC(=O)N1CCCCCCC1)CC1CCCN1. The summed E-state index contributed by atoms with van der Waals surface area (Å²) in [5.74, 6) is 0.322. The van der Waals surface area contributed by atoms with Gasteiger partial charge in [-0.15, -0.1) is 0 Å². The highest BCUT2D eigenvalue weighted by atomic mass is 16.2. The number of rotatable bonds is 4. The third-order valence-electron chi connectivity index (χ3n) is 4.31. The molecule has 2 fully saturated rings. The summed E-state index contributed by atoms with van der Waals surface area (Å²) in [7, 11) is 2.07. The molecular weight excluding hydrogens is 238 g/mol. The molecule has 4 nitrogen and oxygen atoms in total. The summed E-state index contributed by atoms with van der Waals surface area (Å²) in [6.45, 7) is 4.65. The van der Waals surface area contributed by atoms with E-state index in [1.807, 2.05) is 0 Å². The maximum atomic E-state index is 12.3. The van der Waals surface area contributed by atoms with Gasteiger partial charge in [0.05, 0.1) is 6.54 Å². The number of amides is 1. The van der Waals surface area contributed by atoms with Gasteiger partial charge in [0.25, 0.3) is 0 Å². The second-order valence-corrected chi connectivity index (χ2v) is 6.14. The summed E-state index contributed by atoms with van der Waals surface area (Å²) in [5.41, 5.74) is 0. The van der Waals surface area contributed by atoms with Crippen LogP contribution in [0.3, 0.4) is 0 Å². The van der Waals surface area contributed by atoms with Crippen molar-refractivity contribution >= 4 is 5.91 Å². The molecule has 0 radical (unpaired) electrons. The van der Waals surface area contributed by atoms with Crippen LogP contribution in [-0.2, 0) is 4.79 Å². The summed E-state index contributed by atoms with van der Waals surface area (Å²) in [5, 5.41) is 3.49. The Kier molecular flexibility index (Phi) is 6.11. The van der Waals surface area contributed by atoms with Crippen molar-refractivity contribution < 1.29 is 4.79 Å². The number of likely N-dealkylation sites (tertiary alicyclic amines) is 1. The van der Waals surface area contributed by atoms with Crippen LogP contribution in [0.2, 0.25) is 0 Å². The predicted molar refractivity (Wildman–Crippen MR) is 78.2 cm³/mol. The summed E-state index contributed by atoms with van der Waals surface area (Å²) in [6, 6.07) is 0.588. The minimum atomic E-state index is 0.322. The molecule has 0 aromatic carbocycles. The van der Waals surface area contributed by atoms with Crippen molar-refractivity contribution in [1.82, 2.24) is 15.1 Å². The fraction of sp³-hybridized carbons (Fsp3) is 0.933. The van der Waals surface area contributed by atoms with E-state index in [0.717, 1.165) is 26.2 Å². The highest BCUT2D eigenvalue weighted by Crippen LogP contribution is 2.11. The minimum Gasteiger partial charge on any atom is -0.342 e. The molecule has 1 amide bonds. The Bertz CT molecular complexity index is 269. The summed E-state index contributed by atoms with van der Waals surface area (Å²) >= 11 is 0. The van der Waals surface area contributed by atoms with Gasteiger partial charge in [-0.1, -0.05) is 19.3 Å². The van der Waals surface area contributed by atoms with E-state index in [-0.39, 0.29) is 0 Å². The molecule has 2 heterocycles. The van der Waals surface area contributed by atoms with Crippen LogP contribution in [0.25, 0.3) is 0 Å². The summed E-state index contributed by atoms with van der Waals surface area (Å²) in [4.78, 5) is 16.6. The largest absolute Gasteiger partial charge is 0.342 e. The molecule has 2 rings (SSSR count). The number of hydrogen-bond acceptors (Lipinski definition) is 3. The van der Waals surface area contributed by atoms with E-state index in [1.54, 1.807) is 0 Å². The molecule has 1 atom stereocenters. The number of nitrogens with one attached hydrogen (secondary N) is 1. The van der Waals surface area contributed by atoms with Crippen LogP contribution in [-0.4, -0.2) is 61.5 Å². The average Bonchev–Trinajstić information content (AvgIpc) is 2.80. The Labute approximate surface area is 117 Å². The maximum Gasteiger partial charge on any atom is 0.236 e. The van der Waals surface area contributed by atoms with Crippen molar-refractivity contribution in [2.24, 2.45) is 0 Å². The zero-order valence-electron chi connectivity index (χ0n) is 12.4. The van der Waals surface area contributed by atoms with Crippen molar-refractivity contribution in [3.8, 4) is 0 Å². The lowest BCUT2D eigenvalue weighted by atomic mass is 10.1. The Morgan fingerprint density at radius 3 is 2.47 bits per heavy atom. The topological polar surface area (TPSA) is 35.6 Å². The third kappa shape index (κ3) is 5.11. The molecule has 4 heteroatoms. The fourth-order valence-corrected chi connectivity index (χ4v) is 3.18. The van der Waals surface area contributed by atoms with Gasteiger partial charge in [0.1, 0.15) is 0 Å². The Morgan fingerprint density at radius 2 is 1.84 bits per heavy atom. The quantitative estimate of drug-likeness (QED) is 0.838. The van der Waals surface area contributed by atoms with E-state index in [9.17, 15) is 4.79 Å². The number of carbonyl (C=O) groups is 1. The molecule has 2 aliphatic rings. The van der Waals surface area contributed by atoms with E-state index in [0.29, 0.717) is 18.5 Å². The molecule has 0 aliphatic carbocycles. The van der Waals surface area contributed by atoms with Crippen LogP contribution in [0.15, 0.2) is 0 Å². The zero-order chi connectivity index (χ0) is 13.5. The first-order valence-corrected chi connectivity index (χ1v) is 7.95. The lowest BCUT2D eigenvalue weighted by molar-refractivity contribution is -0.132. The lowest BCUT2D eigenvalue weighted by Crippen LogP contribution is -2.43. The van der Waals surface area contributed by atoms with E-state index < -0.39 is 0 Å². The first-order chi connectivity index (χ1) is 9.25. The van der Waals surface area contributed by atoms with Gasteiger partial charge in [-0.25, -0.2) is 0 Å². The van der Waals surface area contributed by atoms with Crippen LogP contribution in [0.4, 0.5) is 0 Å². The summed E-state index contributed by atoms with van der Waals surface area (Å²) in [6.07, 6.45) is 8.80. The van der Waals surface area contributed by atoms with Gasteiger partial charge in [0.2, 0.25) is 5.91 Å². The summed E-state index contributed by atoms with van der Waals surface area (Å²) < 4.78 is 0. The highest BCUT2D eigenvalue weighted by Gasteiger charge is 2.20. The number of likely N-dealkylation sites (N-methyl/N-ethyl adjacent to an activating group) is 1. The van der Waals surface area contributed by atoms with Gasteiger partial charge in [0.15, 0.2) is 0 Å². The molecular formula is C15H29N3O. The van der Waals surface area contributed by atoms with Crippen LogP contribution in [0.1, 0.15) is 44.9 Å². The molecule has 19 heavy (non-hydrogen) atoms. The van der Waals surface area contributed by atoms with Gasteiger partial charge < -0.3 is 10.2 Å². The second kappa shape index (κ2) is 7.85. The smallest absolute Gasteiger partial charge is 0.236 e. The predicted octanol–water partition coefficient (Wildman–Crippen LogP) is 1.46. The van der Waals surface area contributed by atoms with Crippen LogP contribution in [0, 0.1) is 0 Å². The fourth-order valence-electron chi connectivity index (χ4n) is 3.18. The normalized spacial score (nSPS) is 25.4. The Morgan fingerprint density at radius 1 is 1.16 bits per heavy atom. The van der Waals surface area contributed by atoms with Crippen molar-refractivity contribution in [3.63, 3.8) is 0 Å². The van der Waals surface area contributed by atoms with Gasteiger partial charge in [0, 0.05) is 25.7 Å². The monoisotopic (exact) mass is 267 g/mol. The average molecular weight is 267 g/mol. The first kappa shape index (κ1) is 14.8. The molecule has 0 aromatic rings. The second-order valence-electron chi connectivity index (χ2n) is 6.14. The molecule has 0 saturated carbocycles. The lowest BCUT2D eigenvalue weighted by Gasteiger charge is -2.28. The van der Waals surface area contributed by atoms with Crippen molar-refractivity contribution in [3.05, 3.63) is 0 Å². The number of nitrogens with zero attached hydrogens (tertiary/aromatic N) is 2. The van der Waals surface area contributed by atoms with E-state index >= 15 is 0 Å². The molecule has 2 aliphatic heterocycles. The zero-order valence-corrected chi connectivity index (χ0v) is 12.4. The third-order valence-corrected chi connectivity index (χ3v) is 4.31. The van der Waals surface area contributed by atoms with E-state index in [2.05, 4.69) is 22.2 Å². The molecule has 0 aromatic heterocycles. The first-order valence-electron chi connectivity index (χ1n) is 7.95. The Balaban J connectivity index is 1.71. The molecule has 1 unspecified atom stereocenters. The van der Waals surface area contributed by atoms with Crippen molar-refractivity contribution in [2.75, 3.05) is 39.8 Å². The van der Waals surface area contributed by atoms with Gasteiger partial charge in [-0.3, -0.25) is 9.69 Å². The number of carbonyl (C=O) groups excluding carboxylic acids is 1. The molecule has 0 spiro atoms. The van der Waals surface area contributed by atoms with Gasteiger partial charge in [-0.05, 0) is 39.3 Å². The van der Waals surface area contributed by atoms with Gasteiger partial charge >= 0.3 is 0 Å². The molecule has 1 N–H and O–H groups in total. The molecule has 110 valence electrons. The minimum absolute atomic E-state index is 0.322. The van der Waals surface area contributed by atoms with E-state index in [4.69, 9.17) is 0 Å². The van der Waals surface area contributed by atoms with Gasteiger partial charge in [-0.2, -0.15) is 0 Å². The highest BCUT2D eigenvalue weighted by molar-refractivity contribution is 5.78. The standard InChI is InChI=1S/C15H29N3O/c1-17(12-14-8-7-9-16-14)13-15(19)18-10-5-3-2-4-6-11-18/h14,16H,2-13H2,1H3. The Hall–Kier alpha value is -0.610. The van der Waals surface area contributed by atoms with Crippen LogP contribution in [0.5, 0.6) is 0 Å². The van der Waals surface area contributed by atoms with Crippen LogP contribution < -0.4 is 5.32 Å². The maximum absolute atomic E-state index is 12.3. The molecule has 2 saturated heterocycles. The number of hydrogen-bond donors (Lipinski definition) is 1. The van der Waals surface area contributed by atoms with Crippen molar-refractivity contribution in [2.45, 2.75) is 51.0 Å². The van der Waals surface area contributed by atoms with Crippen molar-refractivity contribution in [1.29, 1.82) is 0 Å². The van der Waals surface area contributed by atoms with E-state index in [1.165, 1.54) is 44.9 Å².